The van der Waals surface area contributed by atoms with Crippen molar-refractivity contribution in [2.75, 3.05) is 7.11 Å². The summed E-state index contributed by atoms with van der Waals surface area (Å²) in [6.07, 6.45) is 7.94. The van der Waals surface area contributed by atoms with Crippen LogP contribution in [0.15, 0.2) is 30.3 Å². The fraction of sp³-hybridized carbons (Fsp3) is 0.600. The predicted molar refractivity (Wildman–Crippen MR) is 100 cm³/mol. The van der Waals surface area contributed by atoms with E-state index in [1.54, 1.807) is 0 Å². The third-order valence-corrected chi connectivity index (χ3v) is 4.29. The Labute approximate surface area is 151 Å². The first kappa shape index (κ1) is 21.2. The number of nitrogens with one attached hydrogen (secondary N) is 1. The van der Waals surface area contributed by atoms with E-state index in [9.17, 15) is 9.59 Å². The zero-order valence-corrected chi connectivity index (χ0v) is 15.5. The quantitative estimate of drug-likeness (QED) is 0.449. The minimum atomic E-state index is -0.712. The molecule has 0 saturated heterocycles. The van der Waals surface area contributed by atoms with Crippen molar-refractivity contribution in [2.24, 2.45) is 5.73 Å². The van der Waals surface area contributed by atoms with Crippen LogP contribution in [0, 0.1) is 0 Å². The number of benzene rings is 1. The highest BCUT2D eigenvalue weighted by atomic mass is 16.5. The highest BCUT2D eigenvalue weighted by molar-refractivity contribution is 5.87. The standard InChI is InChI=1S/C20H32N2O3/c1-3-4-5-6-7-11-14-17(21)19(23)22-18(20(24)25-2)15-16-12-9-8-10-13-16/h8-10,12-13,17-18H,3-7,11,14-15,21H2,1-2H3,(H,22,23)/t17?,18-/m0/s1. The van der Waals surface area contributed by atoms with E-state index in [1.807, 2.05) is 30.3 Å². The summed E-state index contributed by atoms with van der Waals surface area (Å²) < 4.78 is 4.81. The molecule has 0 saturated carbocycles. The van der Waals surface area contributed by atoms with Gasteiger partial charge in [0.2, 0.25) is 5.91 Å². The summed E-state index contributed by atoms with van der Waals surface area (Å²) in [5, 5.41) is 2.74. The SMILES string of the molecule is CCCCCCCCC(N)C(=O)N[C@@H](Cc1ccccc1)C(=O)OC. The summed E-state index contributed by atoms with van der Waals surface area (Å²) in [5.41, 5.74) is 6.94. The zero-order chi connectivity index (χ0) is 18.5. The summed E-state index contributed by atoms with van der Waals surface area (Å²) in [7, 11) is 1.32. The second-order valence-corrected chi connectivity index (χ2v) is 6.44. The molecule has 0 aromatic heterocycles. The second-order valence-electron chi connectivity index (χ2n) is 6.44. The van der Waals surface area contributed by atoms with Gasteiger partial charge >= 0.3 is 5.97 Å². The molecule has 140 valence electrons. The Bertz CT molecular complexity index is 505. The first-order valence-corrected chi connectivity index (χ1v) is 9.26. The van der Waals surface area contributed by atoms with Gasteiger partial charge in [0, 0.05) is 6.42 Å². The number of ether oxygens (including phenoxy) is 1. The van der Waals surface area contributed by atoms with Crippen LogP contribution in [0.4, 0.5) is 0 Å². The van der Waals surface area contributed by atoms with Gasteiger partial charge in [-0.2, -0.15) is 0 Å². The van der Waals surface area contributed by atoms with Crippen LogP contribution in [-0.4, -0.2) is 31.1 Å². The molecule has 1 rings (SSSR count). The number of unbranched alkanes of at least 4 members (excludes halogenated alkanes) is 5. The Morgan fingerprint density at radius 3 is 2.36 bits per heavy atom. The zero-order valence-electron chi connectivity index (χ0n) is 15.5. The maximum atomic E-state index is 12.3. The number of rotatable bonds is 12. The summed E-state index contributed by atoms with van der Waals surface area (Å²) in [6, 6.07) is 8.23. The van der Waals surface area contributed by atoms with Crippen LogP contribution in [0.5, 0.6) is 0 Å². The Morgan fingerprint density at radius 1 is 1.08 bits per heavy atom. The molecule has 0 radical (unpaired) electrons. The van der Waals surface area contributed by atoms with Gasteiger partial charge in [-0.25, -0.2) is 4.79 Å². The highest BCUT2D eigenvalue weighted by Gasteiger charge is 2.24. The largest absolute Gasteiger partial charge is 0.467 e. The first-order chi connectivity index (χ1) is 12.1. The van der Waals surface area contributed by atoms with Crippen molar-refractivity contribution in [3.8, 4) is 0 Å². The van der Waals surface area contributed by atoms with Gasteiger partial charge < -0.3 is 15.8 Å². The average Bonchev–Trinajstić information content (AvgIpc) is 2.63. The molecule has 0 aliphatic carbocycles. The van der Waals surface area contributed by atoms with Gasteiger partial charge in [-0.05, 0) is 12.0 Å². The molecule has 3 N–H and O–H groups in total. The van der Waals surface area contributed by atoms with Crippen molar-refractivity contribution < 1.29 is 14.3 Å². The molecule has 2 atom stereocenters. The number of esters is 1. The fourth-order valence-electron chi connectivity index (χ4n) is 2.74. The van der Waals surface area contributed by atoms with Gasteiger partial charge in [0.05, 0.1) is 13.2 Å². The van der Waals surface area contributed by atoms with Crippen LogP contribution in [0.1, 0.15) is 57.4 Å². The summed E-state index contributed by atoms with van der Waals surface area (Å²) >= 11 is 0. The molecular weight excluding hydrogens is 316 g/mol. The van der Waals surface area contributed by atoms with Gasteiger partial charge in [-0.15, -0.1) is 0 Å². The Balaban J connectivity index is 2.44. The van der Waals surface area contributed by atoms with Crippen molar-refractivity contribution in [2.45, 2.75) is 70.4 Å². The highest BCUT2D eigenvalue weighted by Crippen LogP contribution is 2.09. The van der Waals surface area contributed by atoms with E-state index in [0.29, 0.717) is 12.8 Å². The topological polar surface area (TPSA) is 81.4 Å². The maximum absolute atomic E-state index is 12.3. The van der Waals surface area contributed by atoms with Crippen molar-refractivity contribution in [1.29, 1.82) is 0 Å². The van der Waals surface area contributed by atoms with Gasteiger partial charge in [0.25, 0.3) is 0 Å². The van der Waals surface area contributed by atoms with E-state index >= 15 is 0 Å². The minimum absolute atomic E-state index is 0.292. The molecule has 1 aromatic rings. The number of hydrogen-bond acceptors (Lipinski definition) is 4. The Hall–Kier alpha value is -1.88. The number of hydrogen-bond donors (Lipinski definition) is 2. The van der Waals surface area contributed by atoms with E-state index in [-0.39, 0.29) is 5.91 Å². The van der Waals surface area contributed by atoms with Gasteiger partial charge in [0.1, 0.15) is 6.04 Å². The van der Waals surface area contributed by atoms with Crippen molar-refractivity contribution >= 4 is 11.9 Å². The number of amides is 1. The molecule has 25 heavy (non-hydrogen) atoms. The summed E-state index contributed by atoms with van der Waals surface area (Å²) in [5.74, 6) is -0.746. The lowest BCUT2D eigenvalue weighted by Crippen LogP contribution is -2.49. The van der Waals surface area contributed by atoms with Crippen LogP contribution < -0.4 is 11.1 Å². The lowest BCUT2D eigenvalue weighted by molar-refractivity contribution is -0.145. The number of methoxy groups -OCH3 is 1. The molecule has 1 unspecified atom stereocenters. The van der Waals surface area contributed by atoms with E-state index in [0.717, 1.165) is 18.4 Å². The molecule has 1 amide bonds. The molecule has 0 aliphatic heterocycles. The molecule has 5 nitrogen and oxygen atoms in total. The molecule has 5 heteroatoms. The monoisotopic (exact) mass is 348 g/mol. The van der Waals surface area contributed by atoms with Gasteiger partial charge in [-0.3, -0.25) is 4.79 Å². The van der Waals surface area contributed by atoms with Crippen LogP contribution in [0.2, 0.25) is 0 Å². The lowest BCUT2D eigenvalue weighted by atomic mass is 10.0. The normalized spacial score (nSPS) is 13.1. The molecule has 0 heterocycles. The van der Waals surface area contributed by atoms with E-state index in [4.69, 9.17) is 10.5 Å². The Kier molecular flexibility index (Phi) is 10.6. The van der Waals surface area contributed by atoms with Crippen LogP contribution in [0.25, 0.3) is 0 Å². The molecule has 0 spiro atoms. The van der Waals surface area contributed by atoms with Crippen molar-refractivity contribution in [3.63, 3.8) is 0 Å². The smallest absolute Gasteiger partial charge is 0.328 e. The second kappa shape index (κ2) is 12.5. The van der Waals surface area contributed by atoms with E-state index in [2.05, 4.69) is 12.2 Å². The fourth-order valence-corrected chi connectivity index (χ4v) is 2.74. The summed E-state index contributed by atoms with van der Waals surface area (Å²) in [4.78, 5) is 24.2. The predicted octanol–water partition coefficient (Wildman–Crippen LogP) is 2.96. The van der Waals surface area contributed by atoms with Gasteiger partial charge in [0.15, 0.2) is 0 Å². The number of carbonyl (C=O) groups is 2. The van der Waals surface area contributed by atoms with E-state index < -0.39 is 18.1 Å². The molecule has 1 aromatic carbocycles. The van der Waals surface area contributed by atoms with Crippen LogP contribution in [-0.2, 0) is 20.7 Å². The summed E-state index contributed by atoms with van der Waals surface area (Å²) in [6.45, 7) is 2.19. The van der Waals surface area contributed by atoms with Crippen molar-refractivity contribution in [3.05, 3.63) is 35.9 Å². The molecule has 0 fully saturated rings. The van der Waals surface area contributed by atoms with Crippen LogP contribution >= 0.6 is 0 Å². The van der Waals surface area contributed by atoms with Crippen molar-refractivity contribution in [1.82, 2.24) is 5.32 Å². The maximum Gasteiger partial charge on any atom is 0.328 e. The number of nitrogens with two attached hydrogens (primary N) is 1. The third kappa shape index (κ3) is 8.68. The van der Waals surface area contributed by atoms with E-state index in [1.165, 1.54) is 32.8 Å². The molecular formula is C20H32N2O3. The lowest BCUT2D eigenvalue weighted by Gasteiger charge is -2.19. The first-order valence-electron chi connectivity index (χ1n) is 9.26. The number of carbonyl (C=O) groups excluding carboxylic acids is 2. The van der Waals surface area contributed by atoms with Crippen LogP contribution in [0.3, 0.4) is 0 Å². The average molecular weight is 348 g/mol. The van der Waals surface area contributed by atoms with Gasteiger partial charge in [-0.1, -0.05) is 75.8 Å². The molecule has 0 aliphatic rings. The molecule has 0 bridgehead atoms. The Morgan fingerprint density at radius 2 is 1.72 bits per heavy atom. The minimum Gasteiger partial charge on any atom is -0.467 e. The third-order valence-electron chi connectivity index (χ3n) is 4.29.